The normalized spacial score (nSPS) is 19.1. The minimum Gasteiger partial charge on any atom is -0.496 e. The number of halogens is 1. The minimum atomic E-state index is -0.768. The highest BCUT2D eigenvalue weighted by Gasteiger charge is 2.35. The third-order valence-corrected chi connectivity index (χ3v) is 4.91. The fraction of sp³-hybridized carbons (Fsp3) is 0.273. The number of ether oxygens (including phenoxy) is 2. The standard InChI is InChI=1S/C22H22FNO4/c1-27-19-10-6-4-8-17(19)21(25)24-15-12-11-14(13-15)20(22(26)28-2)16-7-3-5-9-18(16)23/h3-12,14-15,20H,13H2,1-2H3,(H,24,25)/t14-,15-,20-/m0/s1. The van der Waals surface area contributed by atoms with E-state index in [4.69, 9.17) is 9.47 Å². The van der Waals surface area contributed by atoms with E-state index in [0.29, 0.717) is 23.3 Å². The Morgan fingerprint density at radius 2 is 1.79 bits per heavy atom. The molecule has 3 atom stereocenters. The van der Waals surface area contributed by atoms with Crippen molar-refractivity contribution < 1.29 is 23.5 Å². The van der Waals surface area contributed by atoms with Gasteiger partial charge in [-0.15, -0.1) is 0 Å². The monoisotopic (exact) mass is 383 g/mol. The Morgan fingerprint density at radius 1 is 1.07 bits per heavy atom. The predicted molar refractivity (Wildman–Crippen MR) is 103 cm³/mol. The first kappa shape index (κ1) is 19.6. The molecule has 0 radical (unpaired) electrons. The van der Waals surface area contributed by atoms with Crippen LogP contribution in [0.2, 0.25) is 0 Å². The second kappa shape index (κ2) is 8.69. The SMILES string of the molecule is COC(=O)[C@H](c1ccccc1F)[C@H]1C=C[C@H](NC(=O)c2ccccc2OC)C1. The van der Waals surface area contributed by atoms with Crippen LogP contribution in [0.1, 0.15) is 28.3 Å². The van der Waals surface area contributed by atoms with Gasteiger partial charge in [-0.05, 0) is 30.5 Å². The number of hydrogen-bond donors (Lipinski definition) is 1. The molecule has 0 bridgehead atoms. The summed E-state index contributed by atoms with van der Waals surface area (Å²) in [5.41, 5.74) is 0.723. The summed E-state index contributed by atoms with van der Waals surface area (Å²) in [6.07, 6.45) is 4.13. The van der Waals surface area contributed by atoms with Crippen LogP contribution < -0.4 is 10.1 Å². The van der Waals surface area contributed by atoms with Crippen LogP contribution in [0.5, 0.6) is 5.75 Å². The Bertz CT molecular complexity index is 896. The minimum absolute atomic E-state index is 0.270. The van der Waals surface area contributed by atoms with E-state index < -0.39 is 17.7 Å². The number of para-hydroxylation sites is 1. The van der Waals surface area contributed by atoms with E-state index in [1.807, 2.05) is 12.2 Å². The molecular weight excluding hydrogens is 361 g/mol. The topological polar surface area (TPSA) is 64.6 Å². The first-order valence-corrected chi connectivity index (χ1v) is 8.99. The number of carbonyl (C=O) groups excluding carboxylic acids is 2. The molecule has 3 rings (SSSR count). The van der Waals surface area contributed by atoms with Gasteiger partial charge in [0.1, 0.15) is 11.6 Å². The van der Waals surface area contributed by atoms with Crippen molar-refractivity contribution in [2.45, 2.75) is 18.4 Å². The molecule has 1 N–H and O–H groups in total. The van der Waals surface area contributed by atoms with E-state index in [2.05, 4.69) is 5.32 Å². The summed E-state index contributed by atoms with van der Waals surface area (Å²) < 4.78 is 24.4. The van der Waals surface area contributed by atoms with Gasteiger partial charge in [-0.2, -0.15) is 0 Å². The van der Waals surface area contributed by atoms with Crippen molar-refractivity contribution in [1.82, 2.24) is 5.32 Å². The van der Waals surface area contributed by atoms with Crippen LogP contribution in [0.25, 0.3) is 0 Å². The van der Waals surface area contributed by atoms with Crippen LogP contribution in [0.15, 0.2) is 60.7 Å². The smallest absolute Gasteiger partial charge is 0.313 e. The van der Waals surface area contributed by atoms with Gasteiger partial charge in [0.25, 0.3) is 5.91 Å². The average molecular weight is 383 g/mol. The van der Waals surface area contributed by atoms with Crippen molar-refractivity contribution in [3.8, 4) is 5.75 Å². The number of allylic oxidation sites excluding steroid dienone is 1. The molecule has 0 aliphatic heterocycles. The third-order valence-electron chi connectivity index (χ3n) is 4.91. The predicted octanol–water partition coefficient (Wildman–Crippen LogP) is 3.47. The fourth-order valence-electron chi connectivity index (χ4n) is 3.55. The lowest BCUT2D eigenvalue weighted by atomic mass is 9.85. The summed E-state index contributed by atoms with van der Waals surface area (Å²) in [5.74, 6) is -1.79. The zero-order valence-electron chi connectivity index (χ0n) is 15.7. The maximum Gasteiger partial charge on any atom is 0.313 e. The molecule has 0 saturated heterocycles. The van der Waals surface area contributed by atoms with Crippen molar-refractivity contribution in [2.24, 2.45) is 5.92 Å². The van der Waals surface area contributed by atoms with Gasteiger partial charge < -0.3 is 14.8 Å². The molecule has 1 aliphatic carbocycles. The third kappa shape index (κ3) is 4.06. The first-order chi connectivity index (χ1) is 13.5. The lowest BCUT2D eigenvalue weighted by Crippen LogP contribution is -2.34. The van der Waals surface area contributed by atoms with E-state index in [9.17, 15) is 14.0 Å². The van der Waals surface area contributed by atoms with Gasteiger partial charge in [-0.25, -0.2) is 4.39 Å². The number of hydrogen-bond acceptors (Lipinski definition) is 4. The molecule has 28 heavy (non-hydrogen) atoms. The zero-order chi connectivity index (χ0) is 20.1. The largest absolute Gasteiger partial charge is 0.496 e. The highest BCUT2D eigenvalue weighted by molar-refractivity contribution is 5.97. The van der Waals surface area contributed by atoms with E-state index in [0.717, 1.165) is 0 Å². The Labute approximate surface area is 163 Å². The molecule has 0 heterocycles. The average Bonchev–Trinajstić information content (AvgIpc) is 3.17. The van der Waals surface area contributed by atoms with E-state index in [-0.39, 0.29) is 17.9 Å². The number of rotatable bonds is 6. The van der Waals surface area contributed by atoms with Crippen molar-refractivity contribution in [3.63, 3.8) is 0 Å². The van der Waals surface area contributed by atoms with Crippen LogP contribution in [-0.2, 0) is 9.53 Å². The maximum absolute atomic E-state index is 14.3. The Hall–Kier alpha value is -3.15. The number of carbonyl (C=O) groups is 2. The Kier molecular flexibility index (Phi) is 6.09. The molecule has 6 heteroatoms. The van der Waals surface area contributed by atoms with Crippen LogP contribution in [0, 0.1) is 11.7 Å². The van der Waals surface area contributed by atoms with Gasteiger partial charge in [0.15, 0.2) is 0 Å². The molecule has 2 aromatic rings. The van der Waals surface area contributed by atoms with Crippen molar-refractivity contribution in [1.29, 1.82) is 0 Å². The molecule has 1 amide bonds. The van der Waals surface area contributed by atoms with Gasteiger partial charge in [0.2, 0.25) is 0 Å². The molecule has 0 fully saturated rings. The summed E-state index contributed by atoms with van der Waals surface area (Å²) in [6.45, 7) is 0. The quantitative estimate of drug-likeness (QED) is 0.613. The molecular formula is C22H22FNO4. The van der Waals surface area contributed by atoms with Crippen LogP contribution in [0.4, 0.5) is 4.39 Å². The second-order valence-electron chi connectivity index (χ2n) is 6.59. The fourth-order valence-corrected chi connectivity index (χ4v) is 3.55. The highest BCUT2D eigenvalue weighted by Crippen LogP contribution is 2.35. The van der Waals surface area contributed by atoms with Crippen molar-refractivity contribution >= 4 is 11.9 Å². The molecule has 2 aromatic carbocycles. The Morgan fingerprint density at radius 3 is 2.50 bits per heavy atom. The summed E-state index contributed by atoms with van der Waals surface area (Å²) in [6, 6.07) is 12.8. The van der Waals surface area contributed by atoms with Gasteiger partial charge >= 0.3 is 5.97 Å². The van der Waals surface area contributed by atoms with Gasteiger partial charge in [0, 0.05) is 11.6 Å². The summed E-state index contributed by atoms with van der Waals surface area (Å²) in [5, 5.41) is 2.93. The van der Waals surface area contributed by atoms with Gasteiger partial charge in [-0.3, -0.25) is 9.59 Å². The van der Waals surface area contributed by atoms with Crippen LogP contribution in [-0.4, -0.2) is 32.1 Å². The summed E-state index contributed by atoms with van der Waals surface area (Å²) in [4.78, 5) is 25.0. The van der Waals surface area contributed by atoms with Crippen LogP contribution >= 0.6 is 0 Å². The van der Waals surface area contributed by atoms with E-state index >= 15 is 0 Å². The zero-order valence-corrected chi connectivity index (χ0v) is 15.7. The second-order valence-corrected chi connectivity index (χ2v) is 6.59. The summed E-state index contributed by atoms with van der Waals surface area (Å²) >= 11 is 0. The van der Waals surface area contributed by atoms with E-state index in [1.165, 1.54) is 20.3 Å². The highest BCUT2D eigenvalue weighted by atomic mass is 19.1. The molecule has 0 unspecified atom stereocenters. The number of amides is 1. The Balaban J connectivity index is 1.75. The van der Waals surface area contributed by atoms with Gasteiger partial charge in [-0.1, -0.05) is 42.5 Å². The number of esters is 1. The van der Waals surface area contributed by atoms with Crippen molar-refractivity contribution in [2.75, 3.05) is 14.2 Å². The lowest BCUT2D eigenvalue weighted by molar-refractivity contribution is -0.143. The molecule has 1 aliphatic rings. The maximum atomic E-state index is 14.3. The first-order valence-electron chi connectivity index (χ1n) is 8.99. The number of benzene rings is 2. The van der Waals surface area contributed by atoms with Crippen LogP contribution in [0.3, 0.4) is 0 Å². The van der Waals surface area contributed by atoms with Gasteiger partial charge in [0.05, 0.1) is 25.7 Å². The molecule has 0 aromatic heterocycles. The molecule has 5 nitrogen and oxygen atoms in total. The number of methoxy groups -OCH3 is 2. The molecule has 0 saturated carbocycles. The summed E-state index contributed by atoms with van der Waals surface area (Å²) in [7, 11) is 2.79. The van der Waals surface area contributed by atoms with Crippen molar-refractivity contribution in [3.05, 3.63) is 77.6 Å². The number of nitrogens with one attached hydrogen (secondary N) is 1. The van der Waals surface area contributed by atoms with E-state index in [1.54, 1.807) is 42.5 Å². The lowest BCUT2D eigenvalue weighted by Gasteiger charge is -2.22. The molecule has 146 valence electrons. The molecule has 0 spiro atoms.